The first kappa shape index (κ1) is 18.6. The maximum Gasteiger partial charge on any atom is 0.249 e. The molecular weight excluding hydrogens is 338 g/mol. The summed E-state index contributed by atoms with van der Waals surface area (Å²) in [6, 6.07) is 12.0. The summed E-state index contributed by atoms with van der Waals surface area (Å²) in [6.07, 6.45) is 1.75. The van der Waals surface area contributed by atoms with Crippen molar-refractivity contribution in [3.63, 3.8) is 0 Å². The van der Waals surface area contributed by atoms with Gasteiger partial charge >= 0.3 is 0 Å². The third-order valence-electron chi connectivity index (χ3n) is 3.97. The van der Waals surface area contributed by atoms with Crippen LogP contribution in [0.25, 0.3) is 0 Å². The average molecular weight is 363 g/mol. The van der Waals surface area contributed by atoms with E-state index in [0.717, 1.165) is 28.3 Å². The van der Waals surface area contributed by atoms with Gasteiger partial charge in [0.2, 0.25) is 5.95 Å². The number of ether oxygens (including phenoxy) is 1. The Morgan fingerprint density at radius 2 is 1.59 bits per heavy atom. The van der Waals surface area contributed by atoms with Crippen molar-refractivity contribution >= 4 is 23.1 Å². The second kappa shape index (κ2) is 8.03. The van der Waals surface area contributed by atoms with Gasteiger partial charge in [0.15, 0.2) is 5.82 Å². The molecule has 0 amide bonds. The van der Waals surface area contributed by atoms with Crippen molar-refractivity contribution in [3.8, 4) is 5.75 Å². The van der Waals surface area contributed by atoms with E-state index in [1.165, 1.54) is 5.56 Å². The molecule has 0 aliphatic heterocycles. The summed E-state index contributed by atoms with van der Waals surface area (Å²) in [6.45, 7) is 10.2. The Morgan fingerprint density at radius 1 is 0.926 bits per heavy atom. The Kier molecular flexibility index (Phi) is 5.54. The molecule has 0 radical (unpaired) electrons. The molecule has 6 nitrogen and oxygen atoms in total. The van der Waals surface area contributed by atoms with Crippen LogP contribution in [0, 0.1) is 20.8 Å². The average Bonchev–Trinajstić information content (AvgIpc) is 2.60. The van der Waals surface area contributed by atoms with Gasteiger partial charge in [-0.1, -0.05) is 17.7 Å². The zero-order chi connectivity index (χ0) is 19.4. The van der Waals surface area contributed by atoms with Gasteiger partial charge in [-0.2, -0.15) is 10.1 Å². The number of rotatable bonds is 6. The van der Waals surface area contributed by atoms with Gasteiger partial charge in [-0.3, -0.25) is 0 Å². The molecule has 0 spiro atoms. The van der Waals surface area contributed by atoms with E-state index in [2.05, 4.69) is 58.7 Å². The molecule has 1 heterocycles. The zero-order valence-electron chi connectivity index (χ0n) is 16.4. The first-order valence-electron chi connectivity index (χ1n) is 8.99. The van der Waals surface area contributed by atoms with E-state index in [9.17, 15) is 0 Å². The normalized spacial score (nSPS) is 10.7. The smallest absolute Gasteiger partial charge is 0.249 e. The standard InChI is InChI=1S/C21H25N5O/c1-13(2)27-18-8-6-17(7-9-18)23-19-12-22-26-21(24-19)25-20-15(4)10-14(3)11-16(20)5/h6-13H,1-5H3,(H2,23,24,25,26). The summed E-state index contributed by atoms with van der Waals surface area (Å²) in [5.41, 5.74) is 5.44. The molecule has 2 N–H and O–H groups in total. The topological polar surface area (TPSA) is 72.0 Å². The van der Waals surface area contributed by atoms with Crippen LogP contribution in [0.2, 0.25) is 0 Å². The summed E-state index contributed by atoms with van der Waals surface area (Å²) >= 11 is 0. The number of anilines is 4. The second-order valence-corrected chi connectivity index (χ2v) is 6.88. The molecule has 3 rings (SSSR count). The molecule has 0 saturated carbocycles. The Bertz CT molecular complexity index is 899. The highest BCUT2D eigenvalue weighted by Gasteiger charge is 2.08. The summed E-state index contributed by atoms with van der Waals surface area (Å²) in [5, 5.41) is 14.7. The van der Waals surface area contributed by atoms with E-state index in [1.54, 1.807) is 6.20 Å². The number of aromatic nitrogens is 3. The van der Waals surface area contributed by atoms with Crippen molar-refractivity contribution in [2.45, 2.75) is 40.7 Å². The number of hydrogen-bond donors (Lipinski definition) is 2. The van der Waals surface area contributed by atoms with Gasteiger partial charge in [0.05, 0.1) is 12.3 Å². The van der Waals surface area contributed by atoms with Gasteiger partial charge in [0.25, 0.3) is 0 Å². The van der Waals surface area contributed by atoms with Crippen LogP contribution < -0.4 is 15.4 Å². The van der Waals surface area contributed by atoms with E-state index in [1.807, 2.05) is 38.1 Å². The molecule has 0 unspecified atom stereocenters. The number of hydrogen-bond acceptors (Lipinski definition) is 6. The first-order valence-corrected chi connectivity index (χ1v) is 8.99. The molecular formula is C21H25N5O. The molecule has 0 bridgehead atoms. The van der Waals surface area contributed by atoms with Crippen molar-refractivity contribution in [1.82, 2.24) is 15.2 Å². The van der Waals surface area contributed by atoms with Crippen molar-refractivity contribution in [2.75, 3.05) is 10.6 Å². The fourth-order valence-electron chi connectivity index (χ4n) is 2.94. The minimum atomic E-state index is 0.150. The van der Waals surface area contributed by atoms with Gasteiger partial charge in [-0.05, 0) is 70.0 Å². The van der Waals surface area contributed by atoms with Crippen LogP contribution in [0.1, 0.15) is 30.5 Å². The van der Waals surface area contributed by atoms with E-state index < -0.39 is 0 Å². The predicted molar refractivity (Wildman–Crippen MR) is 109 cm³/mol. The van der Waals surface area contributed by atoms with Crippen molar-refractivity contribution < 1.29 is 4.74 Å². The highest BCUT2D eigenvalue weighted by molar-refractivity contribution is 5.65. The number of nitrogens with one attached hydrogen (secondary N) is 2. The number of nitrogens with zero attached hydrogens (tertiary/aromatic N) is 3. The molecule has 6 heteroatoms. The first-order chi connectivity index (χ1) is 12.9. The van der Waals surface area contributed by atoms with Crippen LogP contribution in [0.15, 0.2) is 42.6 Å². The van der Waals surface area contributed by atoms with Crippen LogP contribution >= 0.6 is 0 Å². The van der Waals surface area contributed by atoms with E-state index in [4.69, 9.17) is 4.74 Å². The fourth-order valence-corrected chi connectivity index (χ4v) is 2.94. The number of aryl methyl sites for hydroxylation is 3. The van der Waals surface area contributed by atoms with Gasteiger partial charge in [0.1, 0.15) is 5.75 Å². The molecule has 0 aliphatic carbocycles. The SMILES string of the molecule is Cc1cc(C)c(Nc2nncc(Nc3ccc(OC(C)C)cc3)n2)c(C)c1. The molecule has 140 valence electrons. The van der Waals surface area contributed by atoms with Gasteiger partial charge in [-0.15, -0.1) is 5.10 Å². The molecule has 0 fully saturated rings. The third-order valence-corrected chi connectivity index (χ3v) is 3.97. The lowest BCUT2D eigenvalue weighted by Crippen LogP contribution is -2.06. The summed E-state index contributed by atoms with van der Waals surface area (Å²) in [5.74, 6) is 1.91. The molecule has 3 aromatic rings. The van der Waals surface area contributed by atoms with Crippen molar-refractivity contribution in [3.05, 3.63) is 59.3 Å². The largest absolute Gasteiger partial charge is 0.491 e. The minimum absolute atomic E-state index is 0.150. The zero-order valence-corrected chi connectivity index (χ0v) is 16.4. The Balaban J connectivity index is 1.74. The molecule has 2 aromatic carbocycles. The fraction of sp³-hybridized carbons (Fsp3) is 0.286. The minimum Gasteiger partial charge on any atom is -0.491 e. The Labute approximate surface area is 160 Å². The van der Waals surface area contributed by atoms with Gasteiger partial charge in [-0.25, -0.2) is 0 Å². The van der Waals surface area contributed by atoms with Crippen LogP contribution in [-0.4, -0.2) is 21.3 Å². The summed E-state index contributed by atoms with van der Waals surface area (Å²) in [4.78, 5) is 4.51. The molecule has 0 aliphatic rings. The van der Waals surface area contributed by atoms with Crippen LogP contribution in [0.5, 0.6) is 5.75 Å². The Morgan fingerprint density at radius 3 is 2.22 bits per heavy atom. The van der Waals surface area contributed by atoms with Gasteiger partial charge in [0, 0.05) is 11.4 Å². The highest BCUT2D eigenvalue weighted by Crippen LogP contribution is 2.25. The molecule has 1 aromatic heterocycles. The lowest BCUT2D eigenvalue weighted by atomic mass is 10.1. The Hall–Kier alpha value is -3.15. The lowest BCUT2D eigenvalue weighted by molar-refractivity contribution is 0.242. The number of benzene rings is 2. The second-order valence-electron chi connectivity index (χ2n) is 6.88. The monoisotopic (exact) mass is 363 g/mol. The highest BCUT2D eigenvalue weighted by atomic mass is 16.5. The van der Waals surface area contributed by atoms with E-state index in [0.29, 0.717) is 11.8 Å². The maximum absolute atomic E-state index is 5.66. The van der Waals surface area contributed by atoms with Crippen molar-refractivity contribution in [2.24, 2.45) is 0 Å². The van der Waals surface area contributed by atoms with Crippen LogP contribution in [0.3, 0.4) is 0 Å². The molecule has 27 heavy (non-hydrogen) atoms. The quantitative estimate of drug-likeness (QED) is 0.637. The van der Waals surface area contributed by atoms with Crippen LogP contribution in [0.4, 0.5) is 23.1 Å². The predicted octanol–water partition coefficient (Wildman–Crippen LogP) is 5.07. The van der Waals surface area contributed by atoms with Crippen molar-refractivity contribution in [1.29, 1.82) is 0 Å². The summed E-state index contributed by atoms with van der Waals surface area (Å²) in [7, 11) is 0. The summed E-state index contributed by atoms with van der Waals surface area (Å²) < 4.78 is 5.66. The molecule has 0 atom stereocenters. The maximum atomic E-state index is 5.66. The van der Waals surface area contributed by atoms with Crippen LogP contribution in [-0.2, 0) is 0 Å². The lowest BCUT2D eigenvalue weighted by Gasteiger charge is -2.13. The van der Waals surface area contributed by atoms with E-state index >= 15 is 0 Å². The van der Waals surface area contributed by atoms with E-state index in [-0.39, 0.29) is 6.10 Å². The molecule has 0 saturated heterocycles. The van der Waals surface area contributed by atoms with Gasteiger partial charge < -0.3 is 15.4 Å². The third kappa shape index (κ3) is 4.94.